The van der Waals surface area contributed by atoms with Crippen LogP contribution in [0, 0.1) is 18.6 Å². The predicted molar refractivity (Wildman–Crippen MR) is 105 cm³/mol. The topological polar surface area (TPSA) is 49.4 Å². The Kier molecular flexibility index (Phi) is 4.52. The summed E-state index contributed by atoms with van der Waals surface area (Å²) >= 11 is 1.31. The molecule has 4 rings (SSSR count). The molecule has 0 atom stereocenters. The van der Waals surface area contributed by atoms with Crippen LogP contribution in [0.3, 0.4) is 0 Å². The fourth-order valence-corrected chi connectivity index (χ4v) is 3.78. The quantitative estimate of drug-likeness (QED) is 0.649. The lowest BCUT2D eigenvalue weighted by molar-refractivity contribution is -0.120. The average Bonchev–Trinajstić information content (AvgIpc) is 3.25. The van der Waals surface area contributed by atoms with Gasteiger partial charge in [-0.3, -0.25) is 9.59 Å². The number of nitrogens with zero attached hydrogens (tertiary/aromatic N) is 1. The molecule has 140 valence electrons. The number of anilines is 2. The van der Waals surface area contributed by atoms with Crippen LogP contribution in [0.1, 0.15) is 10.4 Å². The molecule has 1 aliphatic heterocycles. The van der Waals surface area contributed by atoms with E-state index in [-0.39, 0.29) is 17.0 Å². The molecule has 1 N–H and O–H groups in total. The van der Waals surface area contributed by atoms with Crippen molar-refractivity contribution in [2.45, 2.75) is 6.92 Å². The zero-order valence-corrected chi connectivity index (χ0v) is 15.5. The van der Waals surface area contributed by atoms with Gasteiger partial charge in [-0.05, 0) is 48.2 Å². The molecular weight excluding hydrogens is 382 g/mol. The minimum Gasteiger partial charge on any atom is -0.350 e. The number of carbonyl (C=O) groups excluding carboxylic acids is 2. The molecule has 1 aromatic heterocycles. The molecular formula is C21H14F2N2O2S. The molecule has 0 spiro atoms. The second-order valence-electron chi connectivity index (χ2n) is 6.27. The molecule has 0 unspecified atom stereocenters. The number of halogens is 2. The lowest BCUT2D eigenvalue weighted by Crippen LogP contribution is -2.32. The maximum absolute atomic E-state index is 13.6. The number of thiophene rings is 1. The Labute approximate surface area is 163 Å². The molecule has 3 aromatic rings. The third-order valence-corrected chi connectivity index (χ3v) is 5.19. The highest BCUT2D eigenvalue weighted by molar-refractivity contribution is 7.11. The zero-order chi connectivity index (χ0) is 19.8. The molecule has 1 aliphatic rings. The van der Waals surface area contributed by atoms with Crippen molar-refractivity contribution in [2.24, 2.45) is 0 Å². The number of nitrogens with one attached hydrogen (secondary N) is 1. The summed E-state index contributed by atoms with van der Waals surface area (Å²) in [6, 6.07) is 13.8. The Bertz CT molecular complexity index is 1120. The smallest absolute Gasteiger partial charge is 0.282 e. The summed E-state index contributed by atoms with van der Waals surface area (Å²) in [5, 5.41) is 4.61. The highest BCUT2D eigenvalue weighted by Crippen LogP contribution is 2.35. The van der Waals surface area contributed by atoms with E-state index in [1.165, 1.54) is 17.4 Å². The van der Waals surface area contributed by atoms with Crippen LogP contribution in [-0.4, -0.2) is 11.8 Å². The Hall–Kier alpha value is -3.32. The van der Waals surface area contributed by atoms with E-state index in [2.05, 4.69) is 5.32 Å². The molecule has 0 saturated carbocycles. The lowest BCUT2D eigenvalue weighted by atomic mass is 10.1. The lowest BCUT2D eigenvalue weighted by Gasteiger charge is -2.16. The Morgan fingerprint density at radius 3 is 2.43 bits per heavy atom. The number of amides is 2. The van der Waals surface area contributed by atoms with E-state index < -0.39 is 23.4 Å². The van der Waals surface area contributed by atoms with Crippen LogP contribution in [0.5, 0.6) is 0 Å². The first-order valence-corrected chi connectivity index (χ1v) is 9.29. The molecule has 0 fully saturated rings. The molecule has 2 aromatic carbocycles. The summed E-state index contributed by atoms with van der Waals surface area (Å²) in [4.78, 5) is 27.9. The van der Waals surface area contributed by atoms with Gasteiger partial charge in [-0.2, -0.15) is 0 Å². The average molecular weight is 396 g/mol. The number of rotatable bonds is 4. The largest absolute Gasteiger partial charge is 0.350 e. The van der Waals surface area contributed by atoms with Gasteiger partial charge in [-0.1, -0.05) is 18.2 Å². The van der Waals surface area contributed by atoms with Crippen molar-refractivity contribution in [2.75, 3.05) is 10.2 Å². The second-order valence-corrected chi connectivity index (χ2v) is 7.21. The first-order valence-electron chi connectivity index (χ1n) is 8.41. The third kappa shape index (κ3) is 3.10. The van der Waals surface area contributed by atoms with Gasteiger partial charge in [0.1, 0.15) is 5.70 Å². The summed E-state index contributed by atoms with van der Waals surface area (Å²) in [7, 11) is 0. The van der Waals surface area contributed by atoms with E-state index in [1.807, 2.05) is 13.0 Å². The van der Waals surface area contributed by atoms with E-state index in [0.29, 0.717) is 10.6 Å². The number of imide groups is 1. The first-order chi connectivity index (χ1) is 13.5. The van der Waals surface area contributed by atoms with Gasteiger partial charge >= 0.3 is 0 Å². The summed E-state index contributed by atoms with van der Waals surface area (Å²) in [6.07, 6.45) is 0. The molecule has 7 heteroatoms. The maximum Gasteiger partial charge on any atom is 0.282 e. The van der Waals surface area contributed by atoms with E-state index in [9.17, 15) is 18.4 Å². The van der Waals surface area contributed by atoms with Gasteiger partial charge in [0, 0.05) is 16.6 Å². The number of benzene rings is 2. The third-order valence-electron chi connectivity index (χ3n) is 4.30. The summed E-state index contributed by atoms with van der Waals surface area (Å²) < 4.78 is 26.8. The molecule has 0 aliphatic carbocycles. The van der Waals surface area contributed by atoms with E-state index >= 15 is 0 Å². The van der Waals surface area contributed by atoms with Crippen LogP contribution in [0.15, 0.2) is 65.7 Å². The molecule has 4 nitrogen and oxygen atoms in total. The van der Waals surface area contributed by atoms with E-state index in [0.717, 1.165) is 22.6 Å². The van der Waals surface area contributed by atoms with Crippen molar-refractivity contribution < 1.29 is 18.4 Å². The van der Waals surface area contributed by atoms with Crippen molar-refractivity contribution in [1.82, 2.24) is 0 Å². The van der Waals surface area contributed by atoms with Gasteiger partial charge in [0.2, 0.25) is 0 Å². The highest BCUT2D eigenvalue weighted by Gasteiger charge is 2.40. The number of carbonyl (C=O) groups is 2. The van der Waals surface area contributed by atoms with Crippen molar-refractivity contribution in [1.29, 1.82) is 0 Å². The Morgan fingerprint density at radius 1 is 0.929 bits per heavy atom. The Balaban J connectivity index is 1.80. The van der Waals surface area contributed by atoms with Crippen LogP contribution >= 0.6 is 11.3 Å². The number of aryl methyl sites for hydroxylation is 1. The molecule has 2 heterocycles. The highest BCUT2D eigenvalue weighted by atomic mass is 32.1. The van der Waals surface area contributed by atoms with E-state index in [1.54, 1.807) is 35.7 Å². The number of hydrogen-bond donors (Lipinski definition) is 1. The Morgan fingerprint density at radius 2 is 1.75 bits per heavy atom. The van der Waals surface area contributed by atoms with Crippen LogP contribution < -0.4 is 10.2 Å². The van der Waals surface area contributed by atoms with Crippen LogP contribution in [0.2, 0.25) is 0 Å². The fraction of sp³-hybridized carbons (Fsp3) is 0.0476. The SMILES string of the molecule is Cc1cccc(N2C(=O)C(Nc3ccc(F)c(F)c3)=C(c3cccs3)C2=O)c1. The fourth-order valence-electron chi connectivity index (χ4n) is 3.01. The van der Waals surface area contributed by atoms with Crippen molar-refractivity contribution in [3.05, 3.63) is 87.7 Å². The normalized spacial score (nSPS) is 14.2. The first kappa shape index (κ1) is 18.1. The predicted octanol–water partition coefficient (Wildman–Crippen LogP) is 4.73. The van der Waals surface area contributed by atoms with Crippen molar-refractivity contribution >= 4 is 40.1 Å². The van der Waals surface area contributed by atoms with Gasteiger partial charge in [0.05, 0.1) is 11.3 Å². The van der Waals surface area contributed by atoms with Gasteiger partial charge in [-0.25, -0.2) is 13.7 Å². The molecule has 28 heavy (non-hydrogen) atoms. The molecule has 0 radical (unpaired) electrons. The second kappa shape index (κ2) is 7.01. The van der Waals surface area contributed by atoms with Crippen LogP contribution in [-0.2, 0) is 9.59 Å². The van der Waals surface area contributed by atoms with Crippen molar-refractivity contribution in [3.63, 3.8) is 0 Å². The minimum absolute atomic E-state index is 0.0277. The molecule has 2 amide bonds. The van der Waals surface area contributed by atoms with Gasteiger partial charge in [0.25, 0.3) is 11.8 Å². The molecule has 0 bridgehead atoms. The minimum atomic E-state index is -1.05. The van der Waals surface area contributed by atoms with Crippen LogP contribution in [0.25, 0.3) is 5.57 Å². The standard InChI is InChI=1S/C21H14F2N2O2S/c1-12-4-2-5-14(10-12)25-20(26)18(17-6-3-9-28-17)19(21(25)27)24-13-7-8-15(22)16(23)11-13/h2-11,24H,1H3. The summed E-state index contributed by atoms with van der Waals surface area (Å²) in [6.45, 7) is 1.86. The van der Waals surface area contributed by atoms with Crippen LogP contribution in [0.4, 0.5) is 20.2 Å². The zero-order valence-electron chi connectivity index (χ0n) is 14.7. The molecule has 0 saturated heterocycles. The summed E-state index contributed by atoms with van der Waals surface area (Å²) in [5.41, 5.74) is 1.75. The van der Waals surface area contributed by atoms with E-state index in [4.69, 9.17) is 0 Å². The number of hydrogen-bond acceptors (Lipinski definition) is 4. The maximum atomic E-state index is 13.6. The van der Waals surface area contributed by atoms with Crippen molar-refractivity contribution in [3.8, 4) is 0 Å². The summed E-state index contributed by atoms with van der Waals surface area (Å²) in [5.74, 6) is -3.06. The monoisotopic (exact) mass is 396 g/mol. The van der Waals surface area contributed by atoms with Gasteiger partial charge in [0.15, 0.2) is 11.6 Å². The van der Waals surface area contributed by atoms with Gasteiger partial charge in [-0.15, -0.1) is 11.3 Å². The van der Waals surface area contributed by atoms with Gasteiger partial charge < -0.3 is 5.32 Å².